The predicted octanol–water partition coefficient (Wildman–Crippen LogP) is 1.24. The summed E-state index contributed by atoms with van der Waals surface area (Å²) >= 11 is 5.30. The third-order valence-corrected chi connectivity index (χ3v) is 3.35. The van der Waals surface area contributed by atoms with Gasteiger partial charge in [-0.05, 0) is 12.2 Å². The summed E-state index contributed by atoms with van der Waals surface area (Å²) in [6.45, 7) is 3.27. The first-order valence-electron chi connectivity index (χ1n) is 5.63. The molecule has 2 aromatic rings. The van der Waals surface area contributed by atoms with Gasteiger partial charge in [-0.2, -0.15) is 0 Å². The van der Waals surface area contributed by atoms with Gasteiger partial charge in [-0.1, -0.05) is 0 Å². The van der Waals surface area contributed by atoms with Crippen molar-refractivity contribution in [2.75, 3.05) is 31.2 Å². The van der Waals surface area contributed by atoms with Crippen LogP contribution in [0.15, 0.2) is 18.5 Å². The molecule has 0 spiro atoms. The summed E-state index contributed by atoms with van der Waals surface area (Å²) in [5.41, 5.74) is 1.06. The zero-order chi connectivity index (χ0) is 11.8. The average Bonchev–Trinajstić information content (AvgIpc) is 2.73. The molecule has 0 radical (unpaired) electrons. The second-order valence-electron chi connectivity index (χ2n) is 4.13. The van der Waals surface area contributed by atoms with E-state index in [1.807, 2.05) is 28.4 Å². The fourth-order valence-electron chi connectivity index (χ4n) is 2.08. The van der Waals surface area contributed by atoms with E-state index in [-0.39, 0.29) is 0 Å². The van der Waals surface area contributed by atoms with Crippen LogP contribution in [-0.4, -0.2) is 40.3 Å². The number of anilines is 1. The summed E-state index contributed by atoms with van der Waals surface area (Å²) in [6.07, 6.45) is 3.92. The lowest BCUT2D eigenvalue weighted by molar-refractivity contribution is 0.122. The molecule has 2 aromatic heterocycles. The van der Waals surface area contributed by atoms with Crippen molar-refractivity contribution in [2.45, 2.75) is 0 Å². The van der Waals surface area contributed by atoms with E-state index in [2.05, 4.69) is 16.0 Å². The van der Waals surface area contributed by atoms with E-state index in [4.69, 9.17) is 17.0 Å². The number of hydrogen-bond acceptors (Lipinski definition) is 4. The van der Waals surface area contributed by atoms with Gasteiger partial charge in [-0.15, -0.1) is 0 Å². The van der Waals surface area contributed by atoms with Crippen LogP contribution in [0.2, 0.25) is 0 Å². The zero-order valence-electron chi connectivity index (χ0n) is 9.67. The van der Waals surface area contributed by atoms with Crippen LogP contribution >= 0.6 is 12.2 Å². The number of ether oxygens (including phenoxy) is 1. The lowest BCUT2D eigenvalue weighted by Gasteiger charge is -2.27. The second kappa shape index (κ2) is 4.12. The molecule has 1 fully saturated rings. The molecule has 0 aliphatic carbocycles. The number of aromatic nitrogens is 3. The molecule has 1 aliphatic rings. The lowest BCUT2D eigenvalue weighted by atomic mass is 10.4. The Bertz CT molecular complexity index is 597. The molecular weight excluding hydrogens is 236 g/mol. The van der Waals surface area contributed by atoms with Gasteiger partial charge in [0.2, 0.25) is 4.77 Å². The third kappa shape index (κ3) is 1.83. The van der Waals surface area contributed by atoms with Crippen LogP contribution in [0.4, 0.5) is 5.82 Å². The quantitative estimate of drug-likeness (QED) is 0.713. The molecular formula is C11H14N4OS. The number of imidazole rings is 1. The summed E-state index contributed by atoms with van der Waals surface area (Å²) in [7, 11) is 2.01. The lowest BCUT2D eigenvalue weighted by Crippen LogP contribution is -2.36. The highest BCUT2D eigenvalue weighted by Gasteiger charge is 2.13. The first-order chi connectivity index (χ1) is 8.25. The van der Waals surface area contributed by atoms with E-state index in [9.17, 15) is 0 Å². The maximum absolute atomic E-state index is 5.34. The standard InChI is InChI=1S/C11H14N4OS/c1-13-2-3-15-10(13)8-9(12-11(15)17)14-4-6-16-7-5-14/h2-3,8H,4-7H2,1H3. The smallest absolute Gasteiger partial charge is 0.207 e. The van der Waals surface area contributed by atoms with Gasteiger partial charge in [0.25, 0.3) is 0 Å². The van der Waals surface area contributed by atoms with Crippen LogP contribution in [0.3, 0.4) is 0 Å². The molecule has 0 amide bonds. The van der Waals surface area contributed by atoms with Crippen LogP contribution in [0.1, 0.15) is 0 Å². The summed E-state index contributed by atoms with van der Waals surface area (Å²) in [6, 6.07) is 2.07. The van der Waals surface area contributed by atoms with Crippen molar-refractivity contribution >= 4 is 23.7 Å². The molecule has 1 aliphatic heterocycles. The Morgan fingerprint density at radius 3 is 2.82 bits per heavy atom. The van der Waals surface area contributed by atoms with E-state index in [0.717, 1.165) is 37.8 Å². The molecule has 0 atom stereocenters. The van der Waals surface area contributed by atoms with Gasteiger partial charge in [0.1, 0.15) is 11.5 Å². The number of nitrogens with zero attached hydrogens (tertiary/aromatic N) is 4. The highest BCUT2D eigenvalue weighted by atomic mass is 32.1. The number of rotatable bonds is 1. The van der Waals surface area contributed by atoms with Gasteiger partial charge < -0.3 is 14.2 Å². The van der Waals surface area contributed by atoms with Gasteiger partial charge in [0.05, 0.1) is 13.2 Å². The minimum atomic E-state index is 0.601. The summed E-state index contributed by atoms with van der Waals surface area (Å²) in [5.74, 6) is 0.945. The maximum atomic E-state index is 5.34. The van der Waals surface area contributed by atoms with E-state index in [1.165, 1.54) is 0 Å². The molecule has 0 aromatic carbocycles. The number of aryl methyl sites for hydroxylation is 1. The van der Waals surface area contributed by atoms with Gasteiger partial charge in [-0.25, -0.2) is 4.98 Å². The number of fused-ring (bicyclic) bond motifs is 1. The monoisotopic (exact) mass is 250 g/mol. The average molecular weight is 250 g/mol. The number of hydrogen-bond donors (Lipinski definition) is 0. The molecule has 0 N–H and O–H groups in total. The van der Waals surface area contributed by atoms with Crippen LogP contribution in [-0.2, 0) is 11.8 Å². The highest BCUT2D eigenvalue weighted by molar-refractivity contribution is 7.71. The molecule has 0 bridgehead atoms. The largest absolute Gasteiger partial charge is 0.378 e. The Kier molecular flexibility index (Phi) is 2.60. The van der Waals surface area contributed by atoms with Gasteiger partial charge >= 0.3 is 0 Å². The molecule has 90 valence electrons. The molecule has 0 saturated carbocycles. The number of morpholine rings is 1. The summed E-state index contributed by atoms with van der Waals surface area (Å²) in [5, 5.41) is 0. The minimum Gasteiger partial charge on any atom is -0.378 e. The minimum absolute atomic E-state index is 0.601. The molecule has 3 heterocycles. The van der Waals surface area contributed by atoms with E-state index < -0.39 is 0 Å². The van der Waals surface area contributed by atoms with Crippen LogP contribution in [0.5, 0.6) is 0 Å². The van der Waals surface area contributed by atoms with E-state index in [1.54, 1.807) is 0 Å². The normalized spacial score (nSPS) is 16.6. The molecule has 5 nitrogen and oxygen atoms in total. The van der Waals surface area contributed by atoms with Gasteiger partial charge in [-0.3, -0.25) is 4.40 Å². The fraction of sp³-hybridized carbons (Fsp3) is 0.455. The Morgan fingerprint density at radius 2 is 2.06 bits per heavy atom. The first-order valence-corrected chi connectivity index (χ1v) is 6.04. The summed E-state index contributed by atoms with van der Waals surface area (Å²) < 4.78 is 9.90. The van der Waals surface area contributed by atoms with Crippen molar-refractivity contribution in [3.05, 3.63) is 23.2 Å². The van der Waals surface area contributed by atoms with Crippen molar-refractivity contribution in [1.29, 1.82) is 0 Å². The topological polar surface area (TPSA) is 34.7 Å². The Balaban J connectivity index is 2.10. The summed E-state index contributed by atoms with van der Waals surface area (Å²) in [4.78, 5) is 6.69. The van der Waals surface area contributed by atoms with Crippen molar-refractivity contribution in [1.82, 2.24) is 14.0 Å². The SMILES string of the molecule is Cn1ccn2c(=S)nc(N3CCOCC3)cc12. The Labute approximate surface area is 104 Å². The third-order valence-electron chi connectivity index (χ3n) is 3.06. The Morgan fingerprint density at radius 1 is 1.29 bits per heavy atom. The van der Waals surface area contributed by atoms with Gasteiger partial charge in [0.15, 0.2) is 0 Å². The van der Waals surface area contributed by atoms with Gasteiger partial charge in [0, 0.05) is 38.6 Å². The van der Waals surface area contributed by atoms with Crippen molar-refractivity contribution in [2.24, 2.45) is 7.05 Å². The Hall–Kier alpha value is -1.40. The fourth-order valence-corrected chi connectivity index (χ4v) is 2.32. The highest BCUT2D eigenvalue weighted by Crippen LogP contribution is 2.16. The van der Waals surface area contributed by atoms with Crippen LogP contribution in [0.25, 0.3) is 5.65 Å². The zero-order valence-corrected chi connectivity index (χ0v) is 10.5. The second-order valence-corrected chi connectivity index (χ2v) is 4.50. The molecule has 6 heteroatoms. The van der Waals surface area contributed by atoms with E-state index in [0.29, 0.717) is 4.77 Å². The first kappa shape index (κ1) is 10.7. The molecule has 17 heavy (non-hydrogen) atoms. The maximum Gasteiger partial charge on any atom is 0.207 e. The molecule has 0 unspecified atom stereocenters. The predicted molar refractivity (Wildman–Crippen MR) is 68.0 cm³/mol. The molecule has 3 rings (SSSR count). The van der Waals surface area contributed by atoms with Crippen molar-refractivity contribution in [3.63, 3.8) is 0 Å². The van der Waals surface area contributed by atoms with Crippen molar-refractivity contribution < 1.29 is 4.74 Å². The van der Waals surface area contributed by atoms with E-state index >= 15 is 0 Å². The van der Waals surface area contributed by atoms with Crippen LogP contribution < -0.4 is 4.90 Å². The van der Waals surface area contributed by atoms with Crippen LogP contribution in [0, 0.1) is 4.77 Å². The molecule has 1 saturated heterocycles. The van der Waals surface area contributed by atoms with Crippen molar-refractivity contribution in [3.8, 4) is 0 Å².